The minimum Gasteiger partial charge on any atom is -0.355 e. The zero-order valence-electron chi connectivity index (χ0n) is 15.9. The van der Waals surface area contributed by atoms with Gasteiger partial charge in [0.15, 0.2) is 5.96 Å². The molecule has 1 unspecified atom stereocenters. The third-order valence-corrected chi connectivity index (χ3v) is 3.84. The van der Waals surface area contributed by atoms with E-state index in [0.29, 0.717) is 23.6 Å². The van der Waals surface area contributed by atoms with E-state index in [2.05, 4.69) is 48.6 Å². The molecule has 0 aliphatic rings. The molecule has 0 heterocycles. The SMILES string of the molecule is CN=C(NCc1ccc(C(=O)NC)cc1)NC(C)CCC(C)(C)C. The fraction of sp³-hybridized carbons (Fsp3) is 0.579. The second-order valence-corrected chi connectivity index (χ2v) is 7.35. The second kappa shape index (κ2) is 9.30. The van der Waals surface area contributed by atoms with E-state index < -0.39 is 0 Å². The van der Waals surface area contributed by atoms with E-state index in [1.54, 1.807) is 14.1 Å². The van der Waals surface area contributed by atoms with Gasteiger partial charge in [-0.15, -0.1) is 0 Å². The molecule has 3 N–H and O–H groups in total. The lowest BCUT2D eigenvalue weighted by atomic mass is 9.89. The van der Waals surface area contributed by atoms with Crippen molar-refractivity contribution in [2.75, 3.05) is 14.1 Å². The maximum absolute atomic E-state index is 11.5. The molecule has 24 heavy (non-hydrogen) atoms. The first-order chi connectivity index (χ1) is 11.2. The van der Waals surface area contributed by atoms with E-state index in [4.69, 9.17) is 0 Å². The smallest absolute Gasteiger partial charge is 0.251 e. The number of guanidine groups is 1. The van der Waals surface area contributed by atoms with E-state index in [9.17, 15) is 4.79 Å². The van der Waals surface area contributed by atoms with Crippen LogP contribution in [0.4, 0.5) is 0 Å². The van der Waals surface area contributed by atoms with Crippen molar-refractivity contribution in [3.05, 3.63) is 35.4 Å². The normalized spacial score (nSPS) is 13.3. The van der Waals surface area contributed by atoms with E-state index >= 15 is 0 Å². The van der Waals surface area contributed by atoms with Crippen LogP contribution in [0.1, 0.15) is 56.5 Å². The van der Waals surface area contributed by atoms with E-state index in [-0.39, 0.29) is 5.91 Å². The number of carbonyl (C=O) groups is 1. The maximum Gasteiger partial charge on any atom is 0.251 e. The van der Waals surface area contributed by atoms with Crippen LogP contribution in [0.3, 0.4) is 0 Å². The lowest BCUT2D eigenvalue weighted by Gasteiger charge is -2.23. The molecule has 0 aliphatic carbocycles. The third kappa shape index (κ3) is 7.49. The van der Waals surface area contributed by atoms with Crippen molar-refractivity contribution in [1.29, 1.82) is 0 Å². The molecule has 0 saturated heterocycles. The summed E-state index contributed by atoms with van der Waals surface area (Å²) >= 11 is 0. The van der Waals surface area contributed by atoms with Crippen LogP contribution in [-0.4, -0.2) is 32.0 Å². The third-order valence-electron chi connectivity index (χ3n) is 3.84. The Morgan fingerprint density at radius 1 is 1.21 bits per heavy atom. The number of amides is 1. The first-order valence-corrected chi connectivity index (χ1v) is 8.53. The van der Waals surface area contributed by atoms with Crippen molar-refractivity contribution >= 4 is 11.9 Å². The summed E-state index contributed by atoms with van der Waals surface area (Å²) in [5.74, 6) is 0.728. The summed E-state index contributed by atoms with van der Waals surface area (Å²) in [6, 6.07) is 7.93. The number of nitrogens with zero attached hydrogens (tertiary/aromatic N) is 1. The topological polar surface area (TPSA) is 65.5 Å². The summed E-state index contributed by atoms with van der Waals surface area (Å²) in [6.45, 7) is 9.62. The van der Waals surface area contributed by atoms with Crippen molar-refractivity contribution < 1.29 is 4.79 Å². The standard InChI is InChI=1S/C19H32N4O/c1-14(11-12-19(2,3)4)23-18(21-6)22-13-15-7-9-16(10-8-15)17(24)20-5/h7-10,14H,11-13H2,1-6H3,(H,20,24)(H2,21,22,23). The molecule has 5 nitrogen and oxygen atoms in total. The van der Waals surface area contributed by atoms with Gasteiger partial charge in [0.2, 0.25) is 0 Å². The van der Waals surface area contributed by atoms with Crippen molar-refractivity contribution in [2.24, 2.45) is 10.4 Å². The van der Waals surface area contributed by atoms with Crippen LogP contribution in [0.15, 0.2) is 29.3 Å². The largest absolute Gasteiger partial charge is 0.355 e. The first-order valence-electron chi connectivity index (χ1n) is 8.53. The van der Waals surface area contributed by atoms with Crippen LogP contribution in [0, 0.1) is 5.41 Å². The second-order valence-electron chi connectivity index (χ2n) is 7.35. The first kappa shape index (κ1) is 20.0. The Hall–Kier alpha value is -2.04. The monoisotopic (exact) mass is 332 g/mol. The van der Waals surface area contributed by atoms with Crippen molar-refractivity contribution in [1.82, 2.24) is 16.0 Å². The quantitative estimate of drug-likeness (QED) is 0.554. The van der Waals surface area contributed by atoms with Crippen molar-refractivity contribution in [3.8, 4) is 0 Å². The van der Waals surface area contributed by atoms with Gasteiger partial charge in [-0.3, -0.25) is 9.79 Å². The Balaban J connectivity index is 2.47. The van der Waals surface area contributed by atoms with Crippen LogP contribution in [0.5, 0.6) is 0 Å². The molecule has 1 aromatic carbocycles. The number of hydrogen-bond acceptors (Lipinski definition) is 2. The average Bonchev–Trinajstić information content (AvgIpc) is 2.55. The maximum atomic E-state index is 11.5. The lowest BCUT2D eigenvalue weighted by Crippen LogP contribution is -2.42. The number of carbonyl (C=O) groups excluding carboxylic acids is 1. The molecular weight excluding hydrogens is 300 g/mol. The van der Waals surface area contributed by atoms with Gasteiger partial charge < -0.3 is 16.0 Å². The van der Waals surface area contributed by atoms with Gasteiger partial charge >= 0.3 is 0 Å². The van der Waals surface area contributed by atoms with Gasteiger partial charge in [-0.25, -0.2) is 0 Å². The van der Waals surface area contributed by atoms with Crippen LogP contribution in [0.25, 0.3) is 0 Å². The van der Waals surface area contributed by atoms with Gasteiger partial charge in [0.25, 0.3) is 5.91 Å². The van der Waals surface area contributed by atoms with Crippen molar-refractivity contribution in [2.45, 2.75) is 53.1 Å². The molecule has 1 aromatic rings. The Bertz CT molecular complexity index is 543. The zero-order valence-corrected chi connectivity index (χ0v) is 15.9. The molecule has 0 saturated carbocycles. The molecular formula is C19H32N4O. The molecule has 1 amide bonds. The highest BCUT2D eigenvalue weighted by molar-refractivity contribution is 5.93. The van der Waals surface area contributed by atoms with Crippen LogP contribution < -0.4 is 16.0 Å². The molecule has 0 aliphatic heterocycles. The van der Waals surface area contributed by atoms with Crippen LogP contribution >= 0.6 is 0 Å². The van der Waals surface area contributed by atoms with Gasteiger partial charge in [-0.2, -0.15) is 0 Å². The molecule has 5 heteroatoms. The summed E-state index contributed by atoms with van der Waals surface area (Å²) in [6.07, 6.45) is 2.27. The predicted octanol–water partition coefficient (Wildman–Crippen LogP) is 2.93. The highest BCUT2D eigenvalue weighted by Gasteiger charge is 2.13. The molecule has 0 aromatic heterocycles. The summed E-state index contributed by atoms with van der Waals surface area (Å²) in [5.41, 5.74) is 2.12. The molecule has 0 fully saturated rings. The Kier molecular flexibility index (Phi) is 7.75. The van der Waals surface area contributed by atoms with E-state index in [0.717, 1.165) is 17.9 Å². The summed E-state index contributed by atoms with van der Waals surface area (Å²) in [7, 11) is 3.41. The number of rotatable bonds is 6. The minimum atomic E-state index is -0.0698. The average molecular weight is 332 g/mol. The molecule has 1 atom stereocenters. The molecule has 0 spiro atoms. The fourth-order valence-electron chi connectivity index (χ4n) is 2.25. The van der Waals surface area contributed by atoms with E-state index in [1.165, 1.54) is 6.42 Å². The Morgan fingerprint density at radius 2 is 1.83 bits per heavy atom. The number of nitrogens with one attached hydrogen (secondary N) is 3. The van der Waals surface area contributed by atoms with Crippen LogP contribution in [0.2, 0.25) is 0 Å². The molecule has 1 rings (SSSR count). The van der Waals surface area contributed by atoms with Gasteiger partial charge in [-0.1, -0.05) is 32.9 Å². The lowest BCUT2D eigenvalue weighted by molar-refractivity contribution is 0.0963. The van der Waals surface area contributed by atoms with Gasteiger partial charge in [-0.05, 0) is 42.9 Å². The van der Waals surface area contributed by atoms with Crippen molar-refractivity contribution in [3.63, 3.8) is 0 Å². The Labute approximate surface area is 146 Å². The molecule has 134 valence electrons. The number of benzene rings is 1. The fourth-order valence-corrected chi connectivity index (χ4v) is 2.25. The summed E-state index contributed by atoms with van der Waals surface area (Å²) in [5, 5.41) is 9.36. The van der Waals surface area contributed by atoms with Gasteiger partial charge in [0.1, 0.15) is 0 Å². The Morgan fingerprint density at radius 3 is 2.33 bits per heavy atom. The highest BCUT2D eigenvalue weighted by atomic mass is 16.1. The molecule has 0 bridgehead atoms. The van der Waals surface area contributed by atoms with Gasteiger partial charge in [0, 0.05) is 32.2 Å². The minimum absolute atomic E-state index is 0.0698. The van der Waals surface area contributed by atoms with E-state index in [1.807, 2.05) is 24.3 Å². The molecule has 0 radical (unpaired) electrons. The predicted molar refractivity (Wildman–Crippen MR) is 101 cm³/mol. The summed E-state index contributed by atoms with van der Waals surface area (Å²) < 4.78 is 0. The number of aliphatic imine (C=N–C) groups is 1. The number of hydrogen-bond donors (Lipinski definition) is 3. The summed E-state index contributed by atoms with van der Waals surface area (Å²) in [4.78, 5) is 15.8. The van der Waals surface area contributed by atoms with Gasteiger partial charge in [0.05, 0.1) is 0 Å². The highest BCUT2D eigenvalue weighted by Crippen LogP contribution is 2.21. The zero-order chi connectivity index (χ0) is 18.2. The van der Waals surface area contributed by atoms with Crippen LogP contribution in [-0.2, 0) is 6.54 Å².